The minimum atomic E-state index is -0.868. The van der Waals surface area contributed by atoms with Gasteiger partial charge >= 0.3 is 0 Å². The molecule has 3 aliphatic heterocycles. The van der Waals surface area contributed by atoms with Gasteiger partial charge in [-0.2, -0.15) is 0 Å². The van der Waals surface area contributed by atoms with Crippen LogP contribution in [0.5, 0.6) is 28.7 Å². The van der Waals surface area contributed by atoms with Crippen molar-refractivity contribution in [1.82, 2.24) is 0 Å². The van der Waals surface area contributed by atoms with Gasteiger partial charge in [0.1, 0.15) is 28.7 Å². The Morgan fingerprint density at radius 3 is 2.56 bits per heavy atom. The molecule has 0 aromatic heterocycles. The van der Waals surface area contributed by atoms with Crippen LogP contribution in [0.2, 0.25) is 0 Å². The third kappa shape index (κ3) is 3.92. The normalized spacial score (nSPS) is 24.3. The van der Waals surface area contributed by atoms with Crippen LogP contribution in [-0.2, 0) is 12.8 Å². The fourth-order valence-corrected chi connectivity index (χ4v) is 5.82. The van der Waals surface area contributed by atoms with Gasteiger partial charge in [-0.3, -0.25) is 0 Å². The van der Waals surface area contributed by atoms with E-state index in [1.807, 2.05) is 24.3 Å². The van der Waals surface area contributed by atoms with E-state index in [2.05, 4.69) is 0 Å². The molecule has 3 N–H and O–H groups in total. The van der Waals surface area contributed by atoms with E-state index in [0.29, 0.717) is 35.8 Å². The van der Waals surface area contributed by atoms with E-state index in [1.54, 1.807) is 31.4 Å². The second-order valence-corrected chi connectivity index (χ2v) is 9.80. The molecule has 0 radical (unpaired) electrons. The van der Waals surface area contributed by atoms with E-state index >= 15 is 0 Å². The lowest BCUT2D eigenvalue weighted by Crippen LogP contribution is -2.40. The monoisotopic (exact) mass is 490 g/mol. The fraction of sp³-hybridized carbons (Fsp3) is 0.379. The van der Waals surface area contributed by atoms with Gasteiger partial charge in [0.2, 0.25) is 0 Å². The van der Waals surface area contributed by atoms with Crippen molar-refractivity contribution in [3.63, 3.8) is 0 Å². The molecule has 0 aliphatic carbocycles. The summed E-state index contributed by atoms with van der Waals surface area (Å²) in [6.45, 7) is 1.21. The van der Waals surface area contributed by atoms with Gasteiger partial charge in [0.05, 0.1) is 39.1 Å². The summed E-state index contributed by atoms with van der Waals surface area (Å²) in [4.78, 5) is 0. The molecule has 0 bridgehead atoms. The highest BCUT2D eigenvalue weighted by atomic mass is 16.5. The summed E-state index contributed by atoms with van der Waals surface area (Å²) in [6, 6.07) is 14.6. The molecule has 3 aromatic rings. The molecule has 3 aromatic carbocycles. The molecule has 7 heteroatoms. The average Bonchev–Trinajstić information content (AvgIpc) is 2.89. The van der Waals surface area contributed by atoms with Gasteiger partial charge in [-0.05, 0) is 54.8 Å². The van der Waals surface area contributed by atoms with Crippen LogP contribution in [0.3, 0.4) is 0 Å². The maximum atomic E-state index is 11.6. The lowest BCUT2D eigenvalue weighted by molar-refractivity contribution is -0.0559. The van der Waals surface area contributed by atoms with Gasteiger partial charge < -0.3 is 34.3 Å². The van der Waals surface area contributed by atoms with Crippen molar-refractivity contribution in [2.45, 2.75) is 31.5 Å². The number of ether oxygens (including phenoxy) is 4. The lowest BCUT2D eigenvalue weighted by Gasteiger charge is -2.41. The number of aromatic hydroxyl groups is 1. The Kier molecular flexibility index (Phi) is 5.90. The molecule has 4 atom stereocenters. The van der Waals surface area contributed by atoms with Gasteiger partial charge in [0.25, 0.3) is 0 Å². The second kappa shape index (κ2) is 9.22. The maximum absolute atomic E-state index is 11.6. The van der Waals surface area contributed by atoms with Crippen molar-refractivity contribution < 1.29 is 34.3 Å². The molecule has 0 saturated carbocycles. The number of hydrogen-bond donors (Lipinski definition) is 3. The first-order valence-corrected chi connectivity index (χ1v) is 12.4. The zero-order valence-corrected chi connectivity index (χ0v) is 20.1. The van der Waals surface area contributed by atoms with Crippen molar-refractivity contribution in [3.05, 3.63) is 76.3 Å². The number of phenolic OH excluding ortho intramolecular Hbond substituents is 1. The number of aliphatic hydroxyl groups excluding tert-OH is 2. The van der Waals surface area contributed by atoms with Crippen LogP contribution in [0.25, 0.3) is 0 Å². The molecule has 3 aliphatic rings. The van der Waals surface area contributed by atoms with Crippen LogP contribution in [-0.4, -0.2) is 42.3 Å². The molecule has 0 fully saturated rings. The number of phenols is 1. The van der Waals surface area contributed by atoms with Crippen LogP contribution in [0.4, 0.5) is 0 Å². The molecule has 0 saturated heterocycles. The maximum Gasteiger partial charge on any atom is 0.128 e. The summed E-state index contributed by atoms with van der Waals surface area (Å²) < 4.78 is 23.7. The lowest BCUT2D eigenvalue weighted by atomic mass is 9.76. The summed E-state index contributed by atoms with van der Waals surface area (Å²) in [6.07, 6.45) is 0.568. The molecule has 7 nitrogen and oxygen atoms in total. The Morgan fingerprint density at radius 2 is 1.72 bits per heavy atom. The minimum Gasteiger partial charge on any atom is -0.508 e. The number of methoxy groups -OCH3 is 1. The Morgan fingerprint density at radius 1 is 0.917 bits per heavy atom. The summed E-state index contributed by atoms with van der Waals surface area (Å²) in [5.41, 5.74) is 4.20. The SMILES string of the molecule is COc1cc(Cc2cccc(O)c2)c2c(c1)[C@@H](O)[C@@H]([C@H]1COc3ccc4c(c3[C@@H]1O)CCCO4)CO2. The standard InChI is InChI=1S/C29H30O7/c1-33-19-12-17(10-16-4-2-5-18(30)11-16)29-21(13-19)27(31)22(15-36-29)23-14-35-25-8-7-24-20(6-3-9-34-24)26(25)28(23)32/h2,4-5,7-8,11-13,22-23,27-28,30-32H,3,6,9-10,14-15H2,1H3/t22-,23-,27-,28-/m1/s1. The zero-order chi connectivity index (χ0) is 24.8. The molecule has 0 unspecified atom stereocenters. The first kappa shape index (κ1) is 23.0. The highest BCUT2D eigenvalue weighted by Crippen LogP contribution is 2.50. The zero-order valence-electron chi connectivity index (χ0n) is 20.1. The molecule has 36 heavy (non-hydrogen) atoms. The molecule has 0 amide bonds. The van der Waals surface area contributed by atoms with E-state index in [-0.39, 0.29) is 30.8 Å². The van der Waals surface area contributed by atoms with Crippen LogP contribution < -0.4 is 18.9 Å². The second-order valence-electron chi connectivity index (χ2n) is 9.80. The molecule has 6 rings (SSSR count). The van der Waals surface area contributed by atoms with Crippen molar-refractivity contribution in [1.29, 1.82) is 0 Å². The van der Waals surface area contributed by atoms with Crippen LogP contribution >= 0.6 is 0 Å². The first-order valence-electron chi connectivity index (χ1n) is 12.4. The number of aliphatic hydroxyl groups is 2. The van der Waals surface area contributed by atoms with Gasteiger partial charge in [-0.15, -0.1) is 0 Å². The van der Waals surface area contributed by atoms with E-state index < -0.39 is 12.2 Å². The number of benzene rings is 3. The van der Waals surface area contributed by atoms with E-state index in [4.69, 9.17) is 18.9 Å². The Hall–Kier alpha value is -3.42. The smallest absolute Gasteiger partial charge is 0.128 e. The number of fused-ring (bicyclic) bond motifs is 4. The van der Waals surface area contributed by atoms with Crippen LogP contribution in [0.1, 0.15) is 46.4 Å². The number of rotatable bonds is 4. The molecular weight excluding hydrogens is 460 g/mol. The van der Waals surface area contributed by atoms with Crippen molar-refractivity contribution in [2.75, 3.05) is 26.9 Å². The summed E-state index contributed by atoms with van der Waals surface area (Å²) >= 11 is 0. The first-order chi connectivity index (χ1) is 17.5. The molecule has 3 heterocycles. The largest absolute Gasteiger partial charge is 0.508 e. The van der Waals surface area contributed by atoms with Crippen molar-refractivity contribution >= 4 is 0 Å². The predicted octanol–water partition coefficient (Wildman–Crippen LogP) is 4.10. The summed E-state index contributed by atoms with van der Waals surface area (Å²) in [5.74, 6) is 2.20. The van der Waals surface area contributed by atoms with E-state index in [1.165, 1.54) is 0 Å². The van der Waals surface area contributed by atoms with Gasteiger partial charge in [-0.1, -0.05) is 12.1 Å². The summed E-state index contributed by atoms with van der Waals surface area (Å²) in [7, 11) is 1.59. The molecule has 0 spiro atoms. The highest BCUT2D eigenvalue weighted by Gasteiger charge is 2.44. The Labute approximate surface area is 209 Å². The Bertz CT molecular complexity index is 1290. The third-order valence-electron chi connectivity index (χ3n) is 7.64. The minimum absolute atomic E-state index is 0.199. The molecule has 188 valence electrons. The van der Waals surface area contributed by atoms with Gasteiger partial charge in [0, 0.05) is 40.5 Å². The van der Waals surface area contributed by atoms with E-state index in [9.17, 15) is 15.3 Å². The van der Waals surface area contributed by atoms with Crippen LogP contribution in [0, 0.1) is 11.8 Å². The van der Waals surface area contributed by atoms with Gasteiger partial charge in [-0.25, -0.2) is 0 Å². The fourth-order valence-electron chi connectivity index (χ4n) is 5.82. The summed E-state index contributed by atoms with van der Waals surface area (Å²) in [5, 5.41) is 33.0. The number of hydrogen-bond acceptors (Lipinski definition) is 7. The molecular formula is C29H30O7. The topological polar surface area (TPSA) is 97.6 Å². The van der Waals surface area contributed by atoms with Crippen molar-refractivity contribution in [2.24, 2.45) is 11.8 Å². The van der Waals surface area contributed by atoms with Crippen molar-refractivity contribution in [3.8, 4) is 28.7 Å². The Balaban J connectivity index is 1.32. The highest BCUT2D eigenvalue weighted by molar-refractivity contribution is 5.53. The van der Waals surface area contributed by atoms with Crippen LogP contribution in [0.15, 0.2) is 48.5 Å². The van der Waals surface area contributed by atoms with Gasteiger partial charge in [0.15, 0.2) is 0 Å². The predicted molar refractivity (Wildman–Crippen MR) is 132 cm³/mol. The quantitative estimate of drug-likeness (QED) is 0.507. The average molecular weight is 491 g/mol. The van der Waals surface area contributed by atoms with E-state index in [0.717, 1.165) is 40.8 Å². The third-order valence-corrected chi connectivity index (χ3v) is 7.64.